The highest BCUT2D eigenvalue weighted by Crippen LogP contribution is 2.30. The molecule has 2 aromatic carbocycles. The number of allylic oxidation sites excluding steroid dienone is 1. The van der Waals surface area contributed by atoms with E-state index in [0.29, 0.717) is 54.9 Å². The topological polar surface area (TPSA) is 89.1 Å². The summed E-state index contributed by atoms with van der Waals surface area (Å²) in [4.78, 5) is 26.7. The van der Waals surface area contributed by atoms with Crippen LogP contribution in [0, 0.1) is 0 Å². The van der Waals surface area contributed by atoms with Crippen LogP contribution >= 0.6 is 12.2 Å². The first-order valence-corrected chi connectivity index (χ1v) is 11.4. The van der Waals surface area contributed by atoms with E-state index in [1.165, 1.54) is 7.11 Å². The van der Waals surface area contributed by atoms with Gasteiger partial charge in [0.05, 0.1) is 37.5 Å². The van der Waals surface area contributed by atoms with Gasteiger partial charge in [-0.1, -0.05) is 24.3 Å². The molecule has 1 amide bonds. The molecule has 9 heteroatoms. The molecule has 0 unspecified atom stereocenters. The predicted octanol–water partition coefficient (Wildman–Crippen LogP) is 2.70. The van der Waals surface area contributed by atoms with Crippen LogP contribution in [-0.4, -0.2) is 55.3 Å². The number of nitrogens with one attached hydrogen (secondary N) is 2. The fourth-order valence-corrected chi connectivity index (χ4v) is 4.21. The molecular weight excluding hydrogens is 454 g/mol. The minimum Gasteiger partial charge on any atom is -0.489 e. The second-order valence-electron chi connectivity index (χ2n) is 8.02. The SMILES string of the molecule is COC(=O)c1ccc(COc2ccc([C@@H]3NC(=S)NC(C)=C3C(=O)N3CCOCC3)cc2)cc1. The highest BCUT2D eigenvalue weighted by molar-refractivity contribution is 7.80. The molecule has 4 rings (SSSR count). The molecule has 2 heterocycles. The van der Waals surface area contributed by atoms with Crippen molar-refractivity contribution < 1.29 is 23.8 Å². The Balaban J connectivity index is 1.46. The average Bonchev–Trinajstić information content (AvgIpc) is 2.87. The maximum absolute atomic E-state index is 13.3. The maximum atomic E-state index is 13.3. The highest BCUT2D eigenvalue weighted by atomic mass is 32.1. The van der Waals surface area contributed by atoms with Crippen LogP contribution in [0.3, 0.4) is 0 Å². The molecular formula is C25H27N3O5S. The molecule has 2 N–H and O–H groups in total. The number of carbonyl (C=O) groups is 2. The lowest BCUT2D eigenvalue weighted by Crippen LogP contribution is -2.49. The molecule has 1 atom stereocenters. The lowest BCUT2D eigenvalue weighted by atomic mass is 9.94. The van der Waals surface area contributed by atoms with E-state index in [9.17, 15) is 9.59 Å². The van der Waals surface area contributed by atoms with Gasteiger partial charge in [0.25, 0.3) is 5.91 Å². The van der Waals surface area contributed by atoms with Crippen LogP contribution in [0.5, 0.6) is 5.75 Å². The summed E-state index contributed by atoms with van der Waals surface area (Å²) >= 11 is 5.36. The van der Waals surface area contributed by atoms with E-state index in [2.05, 4.69) is 10.6 Å². The third-order valence-corrected chi connectivity index (χ3v) is 6.01. The number of hydrogen-bond donors (Lipinski definition) is 2. The second-order valence-corrected chi connectivity index (χ2v) is 8.43. The van der Waals surface area contributed by atoms with Crippen LogP contribution in [0.2, 0.25) is 0 Å². The Kier molecular flexibility index (Phi) is 7.44. The summed E-state index contributed by atoms with van der Waals surface area (Å²) < 4.78 is 16.0. The van der Waals surface area contributed by atoms with Gasteiger partial charge in [-0.05, 0) is 54.5 Å². The molecule has 8 nitrogen and oxygen atoms in total. The van der Waals surface area contributed by atoms with Crippen molar-refractivity contribution in [1.82, 2.24) is 15.5 Å². The van der Waals surface area contributed by atoms with Crippen molar-refractivity contribution in [3.05, 3.63) is 76.5 Å². The summed E-state index contributed by atoms with van der Waals surface area (Å²) in [6.07, 6.45) is 0. The monoisotopic (exact) mass is 481 g/mol. The largest absolute Gasteiger partial charge is 0.489 e. The first kappa shape index (κ1) is 23.7. The van der Waals surface area contributed by atoms with E-state index in [4.69, 9.17) is 26.4 Å². The number of amides is 1. The van der Waals surface area contributed by atoms with Gasteiger partial charge in [-0.2, -0.15) is 0 Å². The lowest BCUT2D eigenvalue weighted by Gasteiger charge is -2.34. The molecule has 1 fully saturated rings. The first-order valence-electron chi connectivity index (χ1n) is 11.0. The third kappa shape index (κ3) is 5.37. The van der Waals surface area contributed by atoms with Crippen molar-refractivity contribution in [1.29, 1.82) is 0 Å². The van der Waals surface area contributed by atoms with Gasteiger partial charge in [0, 0.05) is 18.8 Å². The Morgan fingerprint density at radius 2 is 1.76 bits per heavy atom. The lowest BCUT2D eigenvalue weighted by molar-refractivity contribution is -0.131. The van der Waals surface area contributed by atoms with Crippen LogP contribution in [0.15, 0.2) is 59.8 Å². The minimum atomic E-state index is -0.371. The number of ether oxygens (including phenoxy) is 3. The van der Waals surface area contributed by atoms with Crippen molar-refractivity contribution in [2.45, 2.75) is 19.6 Å². The van der Waals surface area contributed by atoms with Gasteiger partial charge < -0.3 is 29.7 Å². The van der Waals surface area contributed by atoms with E-state index in [1.807, 2.05) is 48.2 Å². The van der Waals surface area contributed by atoms with Crippen LogP contribution < -0.4 is 15.4 Å². The van der Waals surface area contributed by atoms with Crippen molar-refractivity contribution >= 4 is 29.2 Å². The Labute approximate surface area is 203 Å². The zero-order chi connectivity index (χ0) is 24.1. The standard InChI is InChI=1S/C25H27N3O5S/c1-16-21(23(29)28-11-13-32-14-12-28)22(27-25(34)26-16)18-7-9-20(10-8-18)33-15-17-3-5-19(6-4-17)24(30)31-2/h3-10,22H,11-15H2,1-2H3,(H2,26,27,34)/t22-/m0/s1. The average molecular weight is 482 g/mol. The molecule has 0 bridgehead atoms. The second kappa shape index (κ2) is 10.7. The number of hydrogen-bond acceptors (Lipinski definition) is 6. The number of carbonyl (C=O) groups excluding carboxylic acids is 2. The van der Waals surface area contributed by atoms with E-state index in [0.717, 1.165) is 16.8 Å². The number of esters is 1. The van der Waals surface area contributed by atoms with Crippen molar-refractivity contribution in [3.8, 4) is 5.75 Å². The summed E-state index contributed by atoms with van der Waals surface area (Å²) in [6, 6.07) is 14.3. The van der Waals surface area contributed by atoms with Crippen LogP contribution in [-0.2, 0) is 20.9 Å². The van der Waals surface area contributed by atoms with E-state index >= 15 is 0 Å². The fourth-order valence-electron chi connectivity index (χ4n) is 3.94. The fraction of sp³-hybridized carbons (Fsp3) is 0.320. The number of methoxy groups -OCH3 is 1. The molecule has 0 aliphatic carbocycles. The van der Waals surface area contributed by atoms with Crippen molar-refractivity contribution in [3.63, 3.8) is 0 Å². The van der Waals surface area contributed by atoms with Gasteiger partial charge in [-0.15, -0.1) is 0 Å². The van der Waals surface area contributed by atoms with E-state index in [1.54, 1.807) is 12.1 Å². The number of thiocarbonyl (C=S) groups is 1. The van der Waals surface area contributed by atoms with E-state index in [-0.39, 0.29) is 17.9 Å². The zero-order valence-electron chi connectivity index (χ0n) is 19.1. The Morgan fingerprint density at radius 1 is 1.09 bits per heavy atom. The minimum absolute atomic E-state index is 0.0240. The summed E-state index contributed by atoms with van der Waals surface area (Å²) in [7, 11) is 1.36. The number of benzene rings is 2. The van der Waals surface area contributed by atoms with Crippen LogP contribution in [0.25, 0.3) is 0 Å². The molecule has 0 aromatic heterocycles. The quantitative estimate of drug-likeness (QED) is 0.481. The van der Waals surface area contributed by atoms with Crippen molar-refractivity contribution in [2.75, 3.05) is 33.4 Å². The third-order valence-electron chi connectivity index (χ3n) is 5.79. The van der Waals surface area contributed by atoms with Gasteiger partial charge in [-0.25, -0.2) is 4.79 Å². The van der Waals surface area contributed by atoms with Gasteiger partial charge in [-0.3, -0.25) is 4.79 Å². The summed E-state index contributed by atoms with van der Waals surface area (Å²) in [6.45, 7) is 4.45. The number of rotatable bonds is 6. The van der Waals surface area contributed by atoms with Gasteiger partial charge in [0.15, 0.2) is 5.11 Å². The highest BCUT2D eigenvalue weighted by Gasteiger charge is 2.33. The van der Waals surface area contributed by atoms with Crippen LogP contribution in [0.4, 0.5) is 0 Å². The maximum Gasteiger partial charge on any atom is 0.337 e. The van der Waals surface area contributed by atoms with Crippen molar-refractivity contribution in [2.24, 2.45) is 0 Å². The summed E-state index contributed by atoms with van der Waals surface area (Å²) in [5.74, 6) is 0.299. The molecule has 2 aliphatic rings. The Bertz CT molecular complexity index is 1090. The first-order chi connectivity index (χ1) is 16.5. The van der Waals surface area contributed by atoms with Gasteiger partial charge in [0.1, 0.15) is 12.4 Å². The summed E-state index contributed by atoms with van der Waals surface area (Å²) in [5.41, 5.74) is 3.73. The zero-order valence-corrected chi connectivity index (χ0v) is 19.9. The molecule has 0 saturated carbocycles. The number of nitrogens with zero attached hydrogens (tertiary/aromatic N) is 1. The predicted molar refractivity (Wildman–Crippen MR) is 130 cm³/mol. The molecule has 0 spiro atoms. The molecule has 0 radical (unpaired) electrons. The molecule has 2 aliphatic heterocycles. The Hall–Kier alpha value is -3.43. The van der Waals surface area contributed by atoms with Crippen LogP contribution in [0.1, 0.15) is 34.5 Å². The van der Waals surface area contributed by atoms with Gasteiger partial charge >= 0.3 is 5.97 Å². The molecule has 1 saturated heterocycles. The number of morpholine rings is 1. The van der Waals surface area contributed by atoms with Gasteiger partial charge in [0.2, 0.25) is 0 Å². The van der Waals surface area contributed by atoms with E-state index < -0.39 is 0 Å². The summed E-state index contributed by atoms with van der Waals surface area (Å²) in [5, 5.41) is 6.80. The normalized spacial score (nSPS) is 18.1. The molecule has 34 heavy (non-hydrogen) atoms. The Morgan fingerprint density at radius 3 is 2.41 bits per heavy atom. The smallest absolute Gasteiger partial charge is 0.337 e. The molecule has 2 aromatic rings. The molecule has 178 valence electrons.